The van der Waals surface area contributed by atoms with Crippen LogP contribution in [0.2, 0.25) is 0 Å². The summed E-state index contributed by atoms with van der Waals surface area (Å²) in [5, 5.41) is 1.16. The van der Waals surface area contributed by atoms with Gasteiger partial charge < -0.3 is 4.90 Å². The van der Waals surface area contributed by atoms with E-state index in [9.17, 15) is 0 Å². The second-order valence-electron chi connectivity index (χ2n) is 4.40. The Balaban J connectivity index is 2.11. The second kappa shape index (κ2) is 5.52. The number of hydrogen-bond donors (Lipinski definition) is 2. The molecular formula is C12H17N5S2. The van der Waals surface area contributed by atoms with Crippen molar-refractivity contribution in [2.24, 2.45) is 5.84 Å². The molecule has 3 N–H and O–H groups in total. The van der Waals surface area contributed by atoms with Gasteiger partial charge in [0, 0.05) is 29.5 Å². The van der Waals surface area contributed by atoms with Crippen LogP contribution in [0.5, 0.6) is 0 Å². The normalized spacial score (nSPS) is 16.0. The Bertz CT molecular complexity index is 577. The fraction of sp³-hybridized carbons (Fsp3) is 0.500. The first-order valence-electron chi connectivity index (χ1n) is 6.41. The monoisotopic (exact) mass is 295 g/mol. The highest BCUT2D eigenvalue weighted by Gasteiger charge is 2.18. The molecule has 0 unspecified atom stereocenters. The van der Waals surface area contributed by atoms with Crippen molar-refractivity contribution < 1.29 is 0 Å². The third-order valence-corrected chi connectivity index (χ3v) is 5.33. The number of thiophene rings is 1. The third-order valence-electron chi connectivity index (χ3n) is 3.21. The van der Waals surface area contributed by atoms with Crippen LogP contribution in [-0.4, -0.2) is 34.6 Å². The van der Waals surface area contributed by atoms with Crippen LogP contribution in [0, 0.1) is 0 Å². The molecule has 1 saturated heterocycles. The van der Waals surface area contributed by atoms with E-state index in [0.717, 1.165) is 47.1 Å². The molecule has 0 bridgehead atoms. The minimum atomic E-state index is 0.505. The number of thioether (sulfide) groups is 1. The second-order valence-corrected chi connectivity index (χ2v) is 6.74. The molecule has 0 aromatic carbocycles. The van der Waals surface area contributed by atoms with E-state index in [0.29, 0.717) is 5.95 Å². The van der Waals surface area contributed by atoms with Gasteiger partial charge in [0.2, 0.25) is 5.95 Å². The summed E-state index contributed by atoms with van der Waals surface area (Å²) in [5.74, 6) is 9.32. The third kappa shape index (κ3) is 2.50. The molecule has 3 heterocycles. The van der Waals surface area contributed by atoms with E-state index in [1.807, 2.05) is 11.8 Å². The molecular weight excluding hydrogens is 278 g/mol. The lowest BCUT2D eigenvalue weighted by Gasteiger charge is -2.28. The minimum absolute atomic E-state index is 0.505. The molecule has 1 aliphatic rings. The zero-order chi connectivity index (χ0) is 13.2. The molecule has 2 aromatic rings. The molecule has 2 aromatic heterocycles. The minimum Gasteiger partial charge on any atom is -0.354 e. The largest absolute Gasteiger partial charge is 0.354 e. The van der Waals surface area contributed by atoms with Crippen LogP contribution in [0.3, 0.4) is 0 Å². The zero-order valence-electron chi connectivity index (χ0n) is 10.8. The number of hydrogen-bond acceptors (Lipinski definition) is 7. The highest BCUT2D eigenvalue weighted by Crippen LogP contribution is 2.33. The fourth-order valence-electron chi connectivity index (χ4n) is 2.21. The van der Waals surface area contributed by atoms with Gasteiger partial charge in [-0.3, -0.25) is 5.43 Å². The summed E-state index contributed by atoms with van der Waals surface area (Å²) in [5.41, 5.74) is 2.58. The Morgan fingerprint density at radius 1 is 1.37 bits per heavy atom. The van der Waals surface area contributed by atoms with Crippen LogP contribution in [0.15, 0.2) is 6.07 Å². The number of aromatic nitrogens is 2. The number of rotatable bonds is 3. The van der Waals surface area contributed by atoms with E-state index in [-0.39, 0.29) is 0 Å². The molecule has 1 fully saturated rings. The van der Waals surface area contributed by atoms with Gasteiger partial charge in [-0.2, -0.15) is 16.7 Å². The van der Waals surface area contributed by atoms with Gasteiger partial charge in [0.25, 0.3) is 0 Å². The molecule has 0 amide bonds. The predicted molar refractivity (Wildman–Crippen MR) is 84.1 cm³/mol. The summed E-state index contributed by atoms with van der Waals surface area (Å²) < 4.78 is 0. The van der Waals surface area contributed by atoms with E-state index < -0.39 is 0 Å². The number of hydrazine groups is 1. The number of nitrogens with two attached hydrogens (primary N) is 1. The highest BCUT2D eigenvalue weighted by molar-refractivity contribution is 7.99. The van der Waals surface area contributed by atoms with E-state index in [1.54, 1.807) is 11.3 Å². The van der Waals surface area contributed by atoms with Gasteiger partial charge in [0.05, 0.1) is 5.39 Å². The molecule has 1 aliphatic heterocycles. The van der Waals surface area contributed by atoms with Gasteiger partial charge >= 0.3 is 0 Å². The lowest BCUT2D eigenvalue weighted by atomic mass is 10.3. The van der Waals surface area contributed by atoms with Gasteiger partial charge in [0.1, 0.15) is 10.6 Å². The lowest BCUT2D eigenvalue weighted by molar-refractivity contribution is 0.842. The van der Waals surface area contributed by atoms with Crippen molar-refractivity contribution in [1.29, 1.82) is 0 Å². The highest BCUT2D eigenvalue weighted by atomic mass is 32.2. The van der Waals surface area contributed by atoms with E-state index >= 15 is 0 Å². The van der Waals surface area contributed by atoms with Crippen LogP contribution in [0.25, 0.3) is 10.2 Å². The Morgan fingerprint density at radius 2 is 2.16 bits per heavy atom. The van der Waals surface area contributed by atoms with Crippen LogP contribution in [-0.2, 0) is 6.42 Å². The standard InChI is InChI=1S/C12H17N5S2/c1-2-8-7-9-10(17-3-5-18-6-4-17)14-12(16-13)15-11(9)19-8/h7H,2-6,13H2,1H3,(H,14,15,16). The predicted octanol–water partition coefficient (Wildman–Crippen LogP) is 2.09. The number of fused-ring (bicyclic) bond motifs is 1. The van der Waals surface area contributed by atoms with Crippen LogP contribution < -0.4 is 16.2 Å². The van der Waals surface area contributed by atoms with Crippen molar-refractivity contribution in [2.45, 2.75) is 13.3 Å². The van der Waals surface area contributed by atoms with Gasteiger partial charge in [0.15, 0.2) is 0 Å². The van der Waals surface area contributed by atoms with Crippen molar-refractivity contribution >= 4 is 45.1 Å². The Kier molecular flexibility index (Phi) is 3.76. The molecule has 0 aliphatic carbocycles. The molecule has 0 spiro atoms. The van der Waals surface area contributed by atoms with E-state index in [2.05, 4.69) is 33.3 Å². The van der Waals surface area contributed by atoms with E-state index in [1.165, 1.54) is 4.88 Å². The van der Waals surface area contributed by atoms with E-state index in [4.69, 9.17) is 5.84 Å². The first-order valence-corrected chi connectivity index (χ1v) is 8.38. The number of nitrogen functional groups attached to an aromatic ring is 1. The molecule has 0 saturated carbocycles. The Morgan fingerprint density at radius 3 is 2.84 bits per heavy atom. The van der Waals surface area contributed by atoms with Gasteiger partial charge in [-0.15, -0.1) is 11.3 Å². The molecule has 0 radical (unpaired) electrons. The van der Waals surface area contributed by atoms with Crippen molar-refractivity contribution in [3.8, 4) is 0 Å². The van der Waals surface area contributed by atoms with Crippen LogP contribution >= 0.6 is 23.1 Å². The number of nitrogens with zero attached hydrogens (tertiary/aromatic N) is 3. The topological polar surface area (TPSA) is 67.1 Å². The molecule has 7 heteroatoms. The molecule has 0 atom stereocenters. The summed E-state index contributed by atoms with van der Waals surface area (Å²) in [6, 6.07) is 2.22. The fourth-order valence-corrected chi connectivity index (χ4v) is 4.08. The van der Waals surface area contributed by atoms with Crippen molar-refractivity contribution in [3.63, 3.8) is 0 Å². The summed E-state index contributed by atoms with van der Waals surface area (Å²) >= 11 is 3.72. The van der Waals surface area contributed by atoms with Crippen LogP contribution in [0.1, 0.15) is 11.8 Å². The Labute approximate surface area is 120 Å². The molecule has 19 heavy (non-hydrogen) atoms. The first-order chi connectivity index (χ1) is 9.31. The van der Waals surface area contributed by atoms with Crippen LogP contribution in [0.4, 0.5) is 11.8 Å². The number of nitrogens with one attached hydrogen (secondary N) is 1. The van der Waals surface area contributed by atoms with Gasteiger partial charge in [-0.25, -0.2) is 10.8 Å². The maximum absolute atomic E-state index is 5.49. The summed E-state index contributed by atoms with van der Waals surface area (Å²) in [6.07, 6.45) is 1.03. The average Bonchev–Trinajstić information content (AvgIpc) is 2.90. The number of aryl methyl sites for hydroxylation is 1. The molecule has 5 nitrogen and oxygen atoms in total. The first kappa shape index (κ1) is 13.0. The lowest BCUT2D eigenvalue weighted by Crippen LogP contribution is -2.33. The maximum atomic E-state index is 5.49. The maximum Gasteiger partial charge on any atom is 0.240 e. The SMILES string of the molecule is CCc1cc2c(N3CCSCC3)nc(NN)nc2s1. The van der Waals surface area contributed by atoms with Crippen molar-refractivity contribution in [1.82, 2.24) is 9.97 Å². The molecule has 102 valence electrons. The molecule has 3 rings (SSSR count). The number of anilines is 2. The summed E-state index contributed by atoms with van der Waals surface area (Å²) in [6.45, 7) is 4.24. The summed E-state index contributed by atoms with van der Waals surface area (Å²) in [4.78, 5) is 13.7. The quantitative estimate of drug-likeness (QED) is 0.667. The average molecular weight is 295 g/mol. The summed E-state index contributed by atoms with van der Waals surface area (Å²) in [7, 11) is 0. The van der Waals surface area contributed by atoms with Gasteiger partial charge in [-0.1, -0.05) is 6.92 Å². The smallest absolute Gasteiger partial charge is 0.240 e. The van der Waals surface area contributed by atoms with Gasteiger partial charge in [-0.05, 0) is 12.5 Å². The zero-order valence-corrected chi connectivity index (χ0v) is 12.5. The van der Waals surface area contributed by atoms with Crippen molar-refractivity contribution in [3.05, 3.63) is 10.9 Å². The van der Waals surface area contributed by atoms with Crippen molar-refractivity contribution in [2.75, 3.05) is 34.9 Å². The Hall–Kier alpha value is -1.05.